The molecule has 0 aliphatic heterocycles. The zero-order chi connectivity index (χ0) is 7.42. The van der Waals surface area contributed by atoms with Crippen LogP contribution in [0.2, 0.25) is 0 Å². The molecule has 0 aromatic carbocycles. The summed E-state index contributed by atoms with van der Waals surface area (Å²) < 4.78 is 0. The predicted octanol–water partition coefficient (Wildman–Crippen LogP) is 1.79. The molecular weight excluding hydrogens is 136 g/mol. The van der Waals surface area contributed by atoms with Gasteiger partial charge in [0.1, 0.15) is 5.78 Å². The molecule has 1 heteroatoms. The Balaban J connectivity index is 1.97. The third-order valence-electron chi connectivity index (χ3n) is 3.73. The second kappa shape index (κ2) is 1.77. The molecule has 0 amide bonds. The normalized spacial score (nSPS) is 52.2. The molecule has 3 rings (SSSR count). The standard InChI is InChI=1S/C10H12O/c11-8-4-9-6-1-2-7(3-6)10(9)5-8/h1-2,6-7,9-10H,3-5H2/t6-,7+,9-,10+. The Kier molecular flexibility index (Phi) is 0.961. The summed E-state index contributed by atoms with van der Waals surface area (Å²) in [5, 5.41) is 0. The first-order valence-corrected chi connectivity index (χ1v) is 4.54. The Morgan fingerprint density at radius 1 is 1.09 bits per heavy atom. The summed E-state index contributed by atoms with van der Waals surface area (Å²) in [7, 11) is 0. The highest BCUT2D eigenvalue weighted by Gasteiger charge is 2.49. The van der Waals surface area contributed by atoms with E-state index in [0.717, 1.165) is 36.5 Å². The van der Waals surface area contributed by atoms with Gasteiger partial charge >= 0.3 is 0 Å². The first-order valence-electron chi connectivity index (χ1n) is 4.54. The number of rotatable bonds is 0. The molecule has 58 valence electrons. The highest BCUT2D eigenvalue weighted by atomic mass is 16.1. The summed E-state index contributed by atoms with van der Waals surface area (Å²) in [5.74, 6) is 3.56. The van der Waals surface area contributed by atoms with Crippen molar-refractivity contribution in [3.8, 4) is 0 Å². The van der Waals surface area contributed by atoms with Crippen LogP contribution in [0.5, 0.6) is 0 Å². The van der Waals surface area contributed by atoms with Gasteiger partial charge in [0.05, 0.1) is 0 Å². The minimum absolute atomic E-state index is 0.512. The van der Waals surface area contributed by atoms with Crippen molar-refractivity contribution in [2.75, 3.05) is 0 Å². The first-order chi connectivity index (χ1) is 5.34. The molecule has 0 N–H and O–H groups in total. The van der Waals surface area contributed by atoms with Crippen LogP contribution in [0.15, 0.2) is 12.2 Å². The zero-order valence-corrected chi connectivity index (χ0v) is 6.49. The molecule has 0 heterocycles. The van der Waals surface area contributed by atoms with Crippen LogP contribution in [0.1, 0.15) is 19.3 Å². The van der Waals surface area contributed by atoms with Gasteiger partial charge in [-0.2, -0.15) is 0 Å². The van der Waals surface area contributed by atoms with Gasteiger partial charge in [0.2, 0.25) is 0 Å². The SMILES string of the molecule is O=C1C[C@@H]2[C@H](C1)[C@@H]1C=C[C@H]2C1. The summed E-state index contributed by atoms with van der Waals surface area (Å²) in [5.41, 5.74) is 0. The highest BCUT2D eigenvalue weighted by molar-refractivity contribution is 5.81. The van der Waals surface area contributed by atoms with Crippen molar-refractivity contribution >= 4 is 5.78 Å². The van der Waals surface area contributed by atoms with Gasteiger partial charge in [0.15, 0.2) is 0 Å². The second-order valence-electron chi connectivity index (χ2n) is 4.22. The van der Waals surface area contributed by atoms with Crippen molar-refractivity contribution in [1.82, 2.24) is 0 Å². The third-order valence-corrected chi connectivity index (χ3v) is 3.73. The fourth-order valence-electron chi connectivity index (χ4n) is 3.24. The maximum absolute atomic E-state index is 11.1. The number of hydrogen-bond acceptors (Lipinski definition) is 1. The molecule has 4 atom stereocenters. The Morgan fingerprint density at radius 2 is 1.64 bits per heavy atom. The number of carbonyl (C=O) groups excluding carboxylic acids is 1. The maximum Gasteiger partial charge on any atom is 0.133 e. The molecule has 2 saturated carbocycles. The van der Waals surface area contributed by atoms with E-state index in [1.165, 1.54) is 6.42 Å². The summed E-state index contributed by atoms with van der Waals surface area (Å²) in [4.78, 5) is 11.1. The van der Waals surface area contributed by atoms with Crippen molar-refractivity contribution in [2.45, 2.75) is 19.3 Å². The van der Waals surface area contributed by atoms with E-state index >= 15 is 0 Å². The van der Waals surface area contributed by atoms with Crippen molar-refractivity contribution in [3.05, 3.63) is 12.2 Å². The van der Waals surface area contributed by atoms with Crippen LogP contribution in [0.25, 0.3) is 0 Å². The summed E-state index contributed by atoms with van der Waals surface area (Å²) in [6.07, 6.45) is 7.80. The molecule has 0 unspecified atom stereocenters. The highest BCUT2D eigenvalue weighted by Crippen LogP contribution is 2.54. The van der Waals surface area contributed by atoms with E-state index in [0.29, 0.717) is 5.78 Å². The summed E-state index contributed by atoms with van der Waals surface area (Å²) in [6.45, 7) is 0. The van der Waals surface area contributed by atoms with E-state index < -0.39 is 0 Å². The molecule has 0 spiro atoms. The number of fused-ring (bicyclic) bond motifs is 5. The maximum atomic E-state index is 11.1. The van der Waals surface area contributed by atoms with Gasteiger partial charge in [-0.25, -0.2) is 0 Å². The van der Waals surface area contributed by atoms with Crippen LogP contribution in [-0.4, -0.2) is 5.78 Å². The number of ketones is 1. The van der Waals surface area contributed by atoms with Gasteiger partial charge < -0.3 is 0 Å². The summed E-state index contributed by atoms with van der Waals surface area (Å²) in [6, 6.07) is 0. The second-order valence-corrected chi connectivity index (χ2v) is 4.22. The van der Waals surface area contributed by atoms with Gasteiger partial charge in [0, 0.05) is 12.8 Å². The van der Waals surface area contributed by atoms with E-state index in [1.807, 2.05) is 0 Å². The molecule has 11 heavy (non-hydrogen) atoms. The largest absolute Gasteiger partial charge is 0.300 e. The minimum atomic E-state index is 0.512. The van der Waals surface area contributed by atoms with Crippen molar-refractivity contribution in [3.63, 3.8) is 0 Å². The molecule has 0 aromatic rings. The lowest BCUT2D eigenvalue weighted by Gasteiger charge is -2.18. The topological polar surface area (TPSA) is 17.1 Å². The molecule has 2 bridgehead atoms. The van der Waals surface area contributed by atoms with E-state index in [2.05, 4.69) is 12.2 Å². The number of hydrogen-bond donors (Lipinski definition) is 0. The van der Waals surface area contributed by atoms with Gasteiger partial charge in [-0.15, -0.1) is 0 Å². The predicted molar refractivity (Wildman–Crippen MR) is 42.0 cm³/mol. The fraction of sp³-hybridized carbons (Fsp3) is 0.700. The lowest BCUT2D eigenvalue weighted by Crippen LogP contribution is -2.12. The lowest BCUT2D eigenvalue weighted by molar-refractivity contribution is -0.118. The Bertz CT molecular complexity index is 219. The number of allylic oxidation sites excluding steroid dienone is 2. The summed E-state index contributed by atoms with van der Waals surface area (Å²) >= 11 is 0. The van der Waals surface area contributed by atoms with Crippen molar-refractivity contribution in [1.29, 1.82) is 0 Å². The third kappa shape index (κ3) is 0.640. The van der Waals surface area contributed by atoms with Gasteiger partial charge in [-0.3, -0.25) is 4.79 Å². The average molecular weight is 148 g/mol. The van der Waals surface area contributed by atoms with E-state index in [1.54, 1.807) is 0 Å². The van der Waals surface area contributed by atoms with Crippen LogP contribution in [-0.2, 0) is 4.79 Å². The molecule has 3 aliphatic carbocycles. The molecule has 0 radical (unpaired) electrons. The van der Waals surface area contributed by atoms with E-state index in [9.17, 15) is 4.79 Å². The number of carbonyl (C=O) groups is 1. The Hall–Kier alpha value is -0.590. The van der Waals surface area contributed by atoms with Crippen molar-refractivity contribution in [2.24, 2.45) is 23.7 Å². The molecule has 0 saturated heterocycles. The lowest BCUT2D eigenvalue weighted by atomic mass is 9.86. The first kappa shape index (κ1) is 5.99. The monoisotopic (exact) mass is 148 g/mol. The van der Waals surface area contributed by atoms with E-state index in [4.69, 9.17) is 0 Å². The van der Waals surface area contributed by atoms with Crippen LogP contribution < -0.4 is 0 Å². The van der Waals surface area contributed by atoms with Crippen molar-refractivity contribution < 1.29 is 4.79 Å². The molecule has 0 aromatic heterocycles. The minimum Gasteiger partial charge on any atom is -0.300 e. The smallest absolute Gasteiger partial charge is 0.133 e. The van der Waals surface area contributed by atoms with Gasteiger partial charge in [0.25, 0.3) is 0 Å². The molecule has 2 fully saturated rings. The fourth-order valence-corrected chi connectivity index (χ4v) is 3.24. The van der Waals surface area contributed by atoms with Crippen LogP contribution in [0.4, 0.5) is 0 Å². The van der Waals surface area contributed by atoms with E-state index in [-0.39, 0.29) is 0 Å². The van der Waals surface area contributed by atoms with Gasteiger partial charge in [-0.05, 0) is 30.1 Å². The van der Waals surface area contributed by atoms with Crippen LogP contribution in [0.3, 0.4) is 0 Å². The zero-order valence-electron chi connectivity index (χ0n) is 6.49. The average Bonchev–Trinajstić information content (AvgIpc) is 2.53. The van der Waals surface area contributed by atoms with Crippen LogP contribution in [0, 0.1) is 23.7 Å². The molecule has 1 nitrogen and oxygen atoms in total. The van der Waals surface area contributed by atoms with Crippen LogP contribution >= 0.6 is 0 Å². The Morgan fingerprint density at radius 3 is 2.18 bits per heavy atom. The quantitative estimate of drug-likeness (QED) is 0.479. The molecular formula is C10H12O. The van der Waals surface area contributed by atoms with Gasteiger partial charge in [-0.1, -0.05) is 12.2 Å². The Labute approximate surface area is 66.5 Å². The number of Topliss-reactive ketones (excluding diaryl/α,β-unsaturated/α-hetero) is 1. The molecule has 3 aliphatic rings.